The lowest BCUT2D eigenvalue weighted by Crippen LogP contribution is -2.45. The largest absolute Gasteiger partial charge is 0.435 e. The molecule has 1 saturated heterocycles. The van der Waals surface area contributed by atoms with E-state index in [1.54, 1.807) is 0 Å². The molecule has 25 heavy (non-hydrogen) atoms. The van der Waals surface area contributed by atoms with Gasteiger partial charge in [-0.3, -0.25) is 10.00 Å². The average Bonchev–Trinajstić information content (AvgIpc) is 3.04. The molecule has 3 rings (SSSR count). The summed E-state index contributed by atoms with van der Waals surface area (Å²) in [7, 11) is 0. The molecule has 1 aliphatic rings. The number of H-pyrrole nitrogens is 1. The summed E-state index contributed by atoms with van der Waals surface area (Å²) in [6.07, 6.45) is -3.42. The number of hydrogen-bond acceptors (Lipinski definition) is 3. The monoisotopic (exact) mass is 374 g/mol. The van der Waals surface area contributed by atoms with Gasteiger partial charge in [-0.1, -0.05) is 31.2 Å². The summed E-state index contributed by atoms with van der Waals surface area (Å²) >= 11 is 0. The van der Waals surface area contributed by atoms with Crippen LogP contribution in [0.15, 0.2) is 30.3 Å². The minimum Gasteiger partial charge on any atom is -0.314 e. The molecule has 0 saturated carbocycles. The number of aromatic amines is 1. The van der Waals surface area contributed by atoms with E-state index in [0.29, 0.717) is 12.2 Å². The Labute approximate surface area is 151 Å². The number of benzene rings is 1. The first-order valence-electron chi connectivity index (χ1n) is 8.12. The van der Waals surface area contributed by atoms with Gasteiger partial charge in [0.1, 0.15) is 0 Å². The molecule has 1 unspecified atom stereocenters. The molecule has 0 radical (unpaired) electrons. The second-order valence-electron chi connectivity index (χ2n) is 6.06. The van der Waals surface area contributed by atoms with E-state index < -0.39 is 11.9 Å². The van der Waals surface area contributed by atoms with Crippen LogP contribution in [0.3, 0.4) is 0 Å². The predicted octanol–water partition coefficient (Wildman–Crippen LogP) is 3.56. The lowest BCUT2D eigenvalue weighted by molar-refractivity contribution is -0.141. The van der Waals surface area contributed by atoms with Gasteiger partial charge in [0.2, 0.25) is 0 Å². The maximum absolute atomic E-state index is 12.7. The molecular weight excluding hydrogens is 353 g/mol. The van der Waals surface area contributed by atoms with Crippen molar-refractivity contribution in [2.45, 2.75) is 32.1 Å². The minimum absolute atomic E-state index is 0. The molecule has 1 fully saturated rings. The smallest absolute Gasteiger partial charge is 0.314 e. The highest BCUT2D eigenvalue weighted by atomic mass is 35.5. The van der Waals surface area contributed by atoms with Gasteiger partial charge in [-0.05, 0) is 23.6 Å². The Kier molecular flexibility index (Phi) is 6.48. The number of hydrogen-bond donors (Lipinski definition) is 2. The Morgan fingerprint density at radius 1 is 1.24 bits per heavy atom. The SMILES string of the molecule is CCc1ccc(C2CNCCN2Cc2cc(C(F)(F)F)n[nH]2)cc1.Cl. The van der Waals surface area contributed by atoms with Crippen LogP contribution in [0.1, 0.15) is 35.5 Å². The van der Waals surface area contributed by atoms with Gasteiger partial charge in [-0.25, -0.2) is 0 Å². The summed E-state index contributed by atoms with van der Waals surface area (Å²) in [6, 6.07) is 9.68. The van der Waals surface area contributed by atoms with Gasteiger partial charge in [0.05, 0.1) is 0 Å². The van der Waals surface area contributed by atoms with E-state index in [2.05, 4.69) is 51.6 Å². The lowest BCUT2D eigenvalue weighted by Gasteiger charge is -2.36. The van der Waals surface area contributed by atoms with E-state index in [-0.39, 0.29) is 18.4 Å². The van der Waals surface area contributed by atoms with Gasteiger partial charge in [-0.2, -0.15) is 18.3 Å². The molecule has 1 aliphatic heterocycles. The van der Waals surface area contributed by atoms with Crippen LogP contribution in [0.25, 0.3) is 0 Å². The molecule has 8 heteroatoms. The summed E-state index contributed by atoms with van der Waals surface area (Å²) < 4.78 is 38.1. The molecule has 2 N–H and O–H groups in total. The number of alkyl halides is 3. The van der Waals surface area contributed by atoms with Crippen LogP contribution < -0.4 is 5.32 Å². The Bertz CT molecular complexity index is 669. The molecule has 2 heterocycles. The second kappa shape index (κ2) is 8.21. The maximum atomic E-state index is 12.7. The van der Waals surface area contributed by atoms with E-state index >= 15 is 0 Å². The van der Waals surface area contributed by atoms with Crippen LogP contribution in [0.5, 0.6) is 0 Å². The fourth-order valence-corrected chi connectivity index (χ4v) is 3.05. The molecule has 2 aromatic rings. The third kappa shape index (κ3) is 4.74. The Hall–Kier alpha value is -1.57. The highest BCUT2D eigenvalue weighted by Gasteiger charge is 2.34. The summed E-state index contributed by atoms with van der Waals surface area (Å²) in [5, 5.41) is 9.26. The molecule has 4 nitrogen and oxygen atoms in total. The topological polar surface area (TPSA) is 44.0 Å². The number of halogens is 4. The van der Waals surface area contributed by atoms with E-state index in [4.69, 9.17) is 0 Å². The number of piperazine rings is 1. The van der Waals surface area contributed by atoms with Crippen LogP contribution in [-0.2, 0) is 19.1 Å². The highest BCUT2D eigenvalue weighted by Crippen LogP contribution is 2.29. The van der Waals surface area contributed by atoms with Gasteiger partial charge in [0.15, 0.2) is 5.69 Å². The van der Waals surface area contributed by atoms with Gasteiger partial charge >= 0.3 is 6.18 Å². The van der Waals surface area contributed by atoms with Crippen molar-refractivity contribution in [1.29, 1.82) is 0 Å². The summed E-state index contributed by atoms with van der Waals surface area (Å²) in [6.45, 7) is 4.92. The molecule has 1 aromatic heterocycles. The zero-order valence-corrected chi connectivity index (χ0v) is 14.8. The number of rotatable bonds is 4. The molecule has 0 amide bonds. The zero-order valence-electron chi connectivity index (χ0n) is 13.9. The van der Waals surface area contributed by atoms with Crippen LogP contribution in [-0.4, -0.2) is 34.7 Å². The molecule has 0 bridgehead atoms. The molecule has 1 atom stereocenters. The van der Waals surface area contributed by atoms with Crippen molar-refractivity contribution in [3.05, 3.63) is 52.8 Å². The van der Waals surface area contributed by atoms with Crippen LogP contribution in [0.2, 0.25) is 0 Å². The van der Waals surface area contributed by atoms with E-state index in [1.807, 2.05) is 0 Å². The fourth-order valence-electron chi connectivity index (χ4n) is 3.05. The van der Waals surface area contributed by atoms with Gasteiger partial charge in [0.25, 0.3) is 0 Å². The van der Waals surface area contributed by atoms with E-state index in [1.165, 1.54) is 11.1 Å². The van der Waals surface area contributed by atoms with Crippen molar-refractivity contribution >= 4 is 12.4 Å². The maximum Gasteiger partial charge on any atom is 0.435 e. The quantitative estimate of drug-likeness (QED) is 0.860. The molecule has 0 aliphatic carbocycles. The van der Waals surface area contributed by atoms with Crippen LogP contribution >= 0.6 is 12.4 Å². The van der Waals surface area contributed by atoms with Crippen molar-refractivity contribution < 1.29 is 13.2 Å². The van der Waals surface area contributed by atoms with Crippen molar-refractivity contribution in [3.8, 4) is 0 Å². The molecule has 0 spiro atoms. The molecular formula is C17H22ClF3N4. The summed E-state index contributed by atoms with van der Waals surface area (Å²) in [5.41, 5.74) is 2.07. The van der Waals surface area contributed by atoms with Gasteiger partial charge in [-0.15, -0.1) is 12.4 Å². The van der Waals surface area contributed by atoms with Crippen molar-refractivity contribution in [2.75, 3.05) is 19.6 Å². The number of nitrogens with zero attached hydrogens (tertiary/aromatic N) is 2. The van der Waals surface area contributed by atoms with E-state index in [9.17, 15) is 13.2 Å². The zero-order chi connectivity index (χ0) is 17.2. The third-order valence-corrected chi connectivity index (χ3v) is 4.42. The third-order valence-electron chi connectivity index (χ3n) is 4.42. The molecule has 1 aromatic carbocycles. The van der Waals surface area contributed by atoms with Crippen LogP contribution in [0.4, 0.5) is 13.2 Å². The van der Waals surface area contributed by atoms with E-state index in [0.717, 1.165) is 32.1 Å². The first kappa shape index (κ1) is 19.8. The average molecular weight is 375 g/mol. The number of aromatic nitrogens is 2. The van der Waals surface area contributed by atoms with Crippen molar-refractivity contribution in [1.82, 2.24) is 20.4 Å². The van der Waals surface area contributed by atoms with Gasteiger partial charge in [0, 0.05) is 37.9 Å². The first-order chi connectivity index (χ1) is 11.5. The first-order valence-corrected chi connectivity index (χ1v) is 8.12. The Morgan fingerprint density at radius 3 is 2.56 bits per heavy atom. The van der Waals surface area contributed by atoms with Gasteiger partial charge < -0.3 is 5.32 Å². The Balaban J connectivity index is 0.00000225. The minimum atomic E-state index is -4.41. The van der Waals surface area contributed by atoms with Crippen LogP contribution in [0, 0.1) is 0 Å². The predicted molar refractivity (Wildman–Crippen MR) is 92.7 cm³/mol. The lowest BCUT2D eigenvalue weighted by atomic mass is 10.0. The van der Waals surface area contributed by atoms with Crippen molar-refractivity contribution in [2.24, 2.45) is 0 Å². The number of nitrogens with one attached hydrogen (secondary N) is 2. The standard InChI is InChI=1S/C17H21F3N4.ClH/c1-2-12-3-5-13(6-4-12)15-10-21-7-8-24(15)11-14-9-16(23-22-14)17(18,19)20;/h3-6,9,15,21H,2,7-8,10-11H2,1H3,(H,22,23);1H. The fraction of sp³-hybridized carbons (Fsp3) is 0.471. The van der Waals surface area contributed by atoms with Crippen molar-refractivity contribution in [3.63, 3.8) is 0 Å². The highest BCUT2D eigenvalue weighted by molar-refractivity contribution is 5.85. The Morgan fingerprint density at radius 2 is 1.96 bits per heavy atom. The number of aryl methyl sites for hydroxylation is 1. The summed E-state index contributed by atoms with van der Waals surface area (Å²) in [4.78, 5) is 2.19. The molecule has 138 valence electrons. The summed E-state index contributed by atoms with van der Waals surface area (Å²) in [5.74, 6) is 0. The second-order valence-corrected chi connectivity index (χ2v) is 6.06. The normalized spacial score (nSPS) is 18.8.